The number of carbonyl (C=O) groups excluding carboxylic acids is 4. The molecule has 152 valence electrons. The number of fused-ring (bicyclic) bond motifs is 1. The van der Waals surface area contributed by atoms with Crippen LogP contribution in [0.4, 0.5) is 0 Å². The average molecular weight is 392 g/mol. The maximum absolute atomic E-state index is 12.4. The van der Waals surface area contributed by atoms with E-state index in [9.17, 15) is 19.2 Å². The number of hydrogen-bond donors (Lipinski definition) is 0. The fourth-order valence-electron chi connectivity index (χ4n) is 2.77. The van der Waals surface area contributed by atoms with Crippen LogP contribution >= 0.6 is 0 Å². The Bertz CT molecular complexity index is 707. The molecule has 1 aliphatic heterocycles. The lowest BCUT2D eigenvalue weighted by atomic mass is 10.1. The SMILES string of the molecule is COCCN(CCOC)C(=O)COC(=O)[C@H](C)N1C(=O)c2ccccc2C1=O. The van der Waals surface area contributed by atoms with E-state index in [-0.39, 0.29) is 11.1 Å². The number of benzene rings is 1. The third kappa shape index (κ3) is 4.73. The molecule has 1 heterocycles. The first-order valence-corrected chi connectivity index (χ1v) is 8.81. The van der Waals surface area contributed by atoms with E-state index >= 15 is 0 Å². The van der Waals surface area contributed by atoms with Crippen LogP contribution in [0.15, 0.2) is 24.3 Å². The number of amides is 3. The second-order valence-corrected chi connectivity index (χ2v) is 6.18. The highest BCUT2D eigenvalue weighted by Crippen LogP contribution is 2.24. The average Bonchev–Trinajstić information content (AvgIpc) is 2.96. The van der Waals surface area contributed by atoms with Gasteiger partial charge in [0, 0.05) is 27.3 Å². The maximum Gasteiger partial charge on any atom is 0.329 e. The Morgan fingerprint density at radius 2 is 1.50 bits per heavy atom. The Morgan fingerprint density at radius 3 is 1.96 bits per heavy atom. The standard InChI is InChI=1S/C19H24N2O7/c1-13(21-17(23)14-6-4-5-7-15(14)18(21)24)19(25)28-12-16(22)20(8-10-26-2)9-11-27-3/h4-7,13H,8-12H2,1-3H3/t13-/m0/s1. The summed E-state index contributed by atoms with van der Waals surface area (Å²) in [5.74, 6) is -2.37. The van der Waals surface area contributed by atoms with E-state index in [1.807, 2.05) is 0 Å². The predicted octanol–water partition coefficient (Wildman–Crippen LogP) is 0.336. The topological polar surface area (TPSA) is 102 Å². The van der Waals surface area contributed by atoms with Gasteiger partial charge in [-0.1, -0.05) is 12.1 Å². The molecule has 0 aliphatic carbocycles. The third-order valence-electron chi connectivity index (χ3n) is 4.38. The second kappa shape index (κ2) is 9.95. The van der Waals surface area contributed by atoms with Crippen molar-refractivity contribution in [3.8, 4) is 0 Å². The zero-order valence-electron chi connectivity index (χ0n) is 16.2. The molecule has 0 unspecified atom stereocenters. The predicted molar refractivity (Wildman–Crippen MR) is 97.7 cm³/mol. The molecule has 28 heavy (non-hydrogen) atoms. The van der Waals surface area contributed by atoms with Crippen molar-refractivity contribution < 1.29 is 33.4 Å². The van der Waals surface area contributed by atoms with Gasteiger partial charge >= 0.3 is 5.97 Å². The molecule has 1 aliphatic rings. The summed E-state index contributed by atoms with van der Waals surface area (Å²) in [5.41, 5.74) is 0.488. The van der Waals surface area contributed by atoms with Gasteiger partial charge in [0.1, 0.15) is 6.04 Å². The molecule has 9 nitrogen and oxygen atoms in total. The highest BCUT2D eigenvalue weighted by atomic mass is 16.5. The molecule has 1 atom stereocenters. The summed E-state index contributed by atoms with van der Waals surface area (Å²) in [6, 6.07) is 5.20. The second-order valence-electron chi connectivity index (χ2n) is 6.18. The van der Waals surface area contributed by atoms with E-state index in [4.69, 9.17) is 14.2 Å². The summed E-state index contributed by atoms with van der Waals surface area (Å²) in [7, 11) is 3.03. The third-order valence-corrected chi connectivity index (χ3v) is 4.38. The largest absolute Gasteiger partial charge is 0.454 e. The summed E-state index contributed by atoms with van der Waals surface area (Å²) in [6.45, 7) is 2.19. The van der Waals surface area contributed by atoms with Gasteiger partial charge in [0.05, 0.1) is 24.3 Å². The van der Waals surface area contributed by atoms with E-state index in [1.165, 1.54) is 38.2 Å². The van der Waals surface area contributed by atoms with Crippen LogP contribution in [0.1, 0.15) is 27.6 Å². The van der Waals surface area contributed by atoms with Crippen molar-refractivity contribution in [2.75, 3.05) is 47.1 Å². The van der Waals surface area contributed by atoms with Crippen LogP contribution in [0.2, 0.25) is 0 Å². The van der Waals surface area contributed by atoms with Crippen LogP contribution in [0, 0.1) is 0 Å². The molecular weight excluding hydrogens is 368 g/mol. The quantitative estimate of drug-likeness (QED) is 0.418. The Balaban J connectivity index is 1.96. The fraction of sp³-hybridized carbons (Fsp3) is 0.474. The summed E-state index contributed by atoms with van der Waals surface area (Å²) in [4.78, 5) is 51.8. The Hall–Kier alpha value is -2.78. The summed E-state index contributed by atoms with van der Waals surface area (Å²) < 4.78 is 15.0. The molecule has 0 bridgehead atoms. The Morgan fingerprint density at radius 1 is 1.00 bits per heavy atom. The highest BCUT2D eigenvalue weighted by Gasteiger charge is 2.41. The molecule has 9 heteroatoms. The Labute approximate surface area is 163 Å². The van der Waals surface area contributed by atoms with Gasteiger partial charge in [-0.15, -0.1) is 0 Å². The van der Waals surface area contributed by atoms with Crippen LogP contribution in [0.5, 0.6) is 0 Å². The minimum Gasteiger partial charge on any atom is -0.454 e. The zero-order valence-corrected chi connectivity index (χ0v) is 16.2. The number of methoxy groups -OCH3 is 2. The number of nitrogens with zero attached hydrogens (tertiary/aromatic N) is 2. The number of imide groups is 1. The Kier molecular flexibility index (Phi) is 7.65. The van der Waals surface area contributed by atoms with Crippen molar-refractivity contribution in [2.24, 2.45) is 0 Å². The zero-order chi connectivity index (χ0) is 20.7. The summed E-state index contributed by atoms with van der Waals surface area (Å²) >= 11 is 0. The molecular formula is C19H24N2O7. The van der Waals surface area contributed by atoms with E-state index < -0.39 is 36.3 Å². The normalized spacial score (nSPS) is 14.0. The molecule has 0 aromatic heterocycles. The molecule has 2 rings (SSSR count). The van der Waals surface area contributed by atoms with Gasteiger partial charge in [-0.3, -0.25) is 19.3 Å². The number of hydrogen-bond acceptors (Lipinski definition) is 7. The molecule has 0 fully saturated rings. The van der Waals surface area contributed by atoms with Gasteiger partial charge in [0.2, 0.25) is 0 Å². The van der Waals surface area contributed by atoms with Crippen molar-refractivity contribution in [1.82, 2.24) is 9.80 Å². The first-order chi connectivity index (χ1) is 13.4. The monoisotopic (exact) mass is 392 g/mol. The van der Waals surface area contributed by atoms with E-state index in [0.717, 1.165) is 4.90 Å². The van der Waals surface area contributed by atoms with Crippen molar-refractivity contribution in [2.45, 2.75) is 13.0 Å². The van der Waals surface area contributed by atoms with Crippen LogP contribution in [-0.4, -0.2) is 86.7 Å². The minimum atomic E-state index is -1.15. The van der Waals surface area contributed by atoms with E-state index in [2.05, 4.69) is 0 Å². The van der Waals surface area contributed by atoms with Crippen molar-refractivity contribution >= 4 is 23.7 Å². The van der Waals surface area contributed by atoms with Crippen molar-refractivity contribution in [1.29, 1.82) is 0 Å². The molecule has 1 aromatic rings. The first kappa shape index (κ1) is 21.5. The lowest BCUT2D eigenvalue weighted by Crippen LogP contribution is -2.45. The van der Waals surface area contributed by atoms with Gasteiger partial charge in [-0.2, -0.15) is 0 Å². The van der Waals surface area contributed by atoms with Crippen molar-refractivity contribution in [3.63, 3.8) is 0 Å². The van der Waals surface area contributed by atoms with Crippen molar-refractivity contribution in [3.05, 3.63) is 35.4 Å². The summed E-state index contributed by atoms with van der Waals surface area (Å²) in [5, 5.41) is 0. The maximum atomic E-state index is 12.4. The van der Waals surface area contributed by atoms with Crippen LogP contribution in [0.25, 0.3) is 0 Å². The van der Waals surface area contributed by atoms with Gasteiger partial charge in [-0.05, 0) is 19.1 Å². The molecule has 0 N–H and O–H groups in total. The van der Waals surface area contributed by atoms with Gasteiger partial charge in [-0.25, -0.2) is 4.79 Å². The van der Waals surface area contributed by atoms with E-state index in [1.54, 1.807) is 12.1 Å². The highest BCUT2D eigenvalue weighted by molar-refractivity contribution is 6.22. The number of esters is 1. The van der Waals surface area contributed by atoms with Crippen LogP contribution < -0.4 is 0 Å². The van der Waals surface area contributed by atoms with Gasteiger partial charge in [0.25, 0.3) is 17.7 Å². The minimum absolute atomic E-state index is 0.244. The lowest BCUT2D eigenvalue weighted by Gasteiger charge is -2.23. The van der Waals surface area contributed by atoms with Gasteiger partial charge < -0.3 is 19.1 Å². The molecule has 0 radical (unpaired) electrons. The van der Waals surface area contributed by atoms with Gasteiger partial charge in [0.15, 0.2) is 6.61 Å². The smallest absolute Gasteiger partial charge is 0.329 e. The number of carbonyl (C=O) groups is 4. The first-order valence-electron chi connectivity index (χ1n) is 8.81. The van der Waals surface area contributed by atoms with Crippen LogP contribution in [0.3, 0.4) is 0 Å². The summed E-state index contributed by atoms with van der Waals surface area (Å²) in [6.07, 6.45) is 0. The molecule has 1 aromatic carbocycles. The molecule has 0 spiro atoms. The van der Waals surface area contributed by atoms with Crippen LogP contribution in [-0.2, 0) is 23.8 Å². The lowest BCUT2D eigenvalue weighted by molar-refractivity contribution is -0.155. The number of ether oxygens (including phenoxy) is 3. The van der Waals surface area contributed by atoms with E-state index in [0.29, 0.717) is 26.3 Å². The fourth-order valence-corrected chi connectivity index (χ4v) is 2.77. The molecule has 0 saturated heterocycles. The number of rotatable bonds is 10. The molecule has 3 amide bonds. The molecule has 0 saturated carbocycles.